The Balaban J connectivity index is 1.65. The van der Waals surface area contributed by atoms with Crippen LogP contribution < -0.4 is 5.32 Å². The van der Waals surface area contributed by atoms with Crippen molar-refractivity contribution in [2.24, 2.45) is 4.99 Å². The van der Waals surface area contributed by atoms with E-state index in [1.54, 1.807) is 0 Å². The molecular weight excluding hydrogens is 342 g/mol. The van der Waals surface area contributed by atoms with E-state index in [2.05, 4.69) is 23.2 Å². The highest BCUT2D eigenvalue weighted by Crippen LogP contribution is 2.22. The summed E-state index contributed by atoms with van der Waals surface area (Å²) in [6.07, 6.45) is 3.27. The Morgan fingerprint density at radius 1 is 1.08 bits per heavy atom. The number of hydrogen-bond acceptors (Lipinski definition) is 3. The SMILES string of the molecule is CCc1ccccc1NC(=O)CSC(=Nc1ccccc1)N1CCCC1. The monoisotopic (exact) mass is 367 g/mol. The van der Waals surface area contributed by atoms with Gasteiger partial charge in [-0.2, -0.15) is 0 Å². The largest absolute Gasteiger partial charge is 0.351 e. The number of para-hydroxylation sites is 2. The van der Waals surface area contributed by atoms with E-state index in [4.69, 9.17) is 4.99 Å². The first kappa shape index (κ1) is 18.5. The van der Waals surface area contributed by atoms with Gasteiger partial charge in [-0.15, -0.1) is 0 Å². The van der Waals surface area contributed by atoms with Gasteiger partial charge in [0.2, 0.25) is 5.91 Å². The molecule has 0 spiro atoms. The molecule has 1 aliphatic heterocycles. The van der Waals surface area contributed by atoms with Crippen LogP contribution in [0.2, 0.25) is 0 Å². The summed E-state index contributed by atoms with van der Waals surface area (Å²) in [5.41, 5.74) is 2.99. The van der Waals surface area contributed by atoms with Crippen LogP contribution in [-0.2, 0) is 11.2 Å². The Kier molecular flexibility index (Phi) is 6.72. The molecule has 2 aromatic carbocycles. The highest BCUT2D eigenvalue weighted by atomic mass is 32.2. The highest BCUT2D eigenvalue weighted by molar-refractivity contribution is 8.14. The molecule has 1 N–H and O–H groups in total. The standard InChI is InChI=1S/C21H25N3OS/c1-2-17-10-6-7-13-19(17)23-20(25)16-26-21(24-14-8-9-15-24)22-18-11-4-3-5-12-18/h3-7,10-13H,2,8-9,14-16H2,1H3,(H,23,25). The summed E-state index contributed by atoms with van der Waals surface area (Å²) in [6.45, 7) is 4.12. The van der Waals surface area contributed by atoms with Gasteiger partial charge in [-0.3, -0.25) is 4.79 Å². The van der Waals surface area contributed by atoms with Gasteiger partial charge in [-0.25, -0.2) is 4.99 Å². The van der Waals surface area contributed by atoms with Crippen molar-refractivity contribution < 1.29 is 4.79 Å². The number of anilines is 1. The molecule has 1 amide bonds. The number of amides is 1. The van der Waals surface area contributed by atoms with Gasteiger partial charge >= 0.3 is 0 Å². The summed E-state index contributed by atoms with van der Waals surface area (Å²) in [5, 5.41) is 3.98. The lowest BCUT2D eigenvalue weighted by Crippen LogP contribution is -2.27. The summed E-state index contributed by atoms with van der Waals surface area (Å²) < 4.78 is 0. The van der Waals surface area contributed by atoms with Crippen molar-refractivity contribution in [1.29, 1.82) is 0 Å². The second-order valence-electron chi connectivity index (χ2n) is 6.27. The number of thioether (sulfide) groups is 1. The lowest BCUT2D eigenvalue weighted by molar-refractivity contribution is -0.113. The first-order valence-corrected chi connectivity index (χ1v) is 10.1. The van der Waals surface area contributed by atoms with E-state index in [0.29, 0.717) is 5.75 Å². The second kappa shape index (κ2) is 9.43. The zero-order valence-electron chi connectivity index (χ0n) is 15.1. The zero-order valence-corrected chi connectivity index (χ0v) is 16.0. The molecule has 5 heteroatoms. The maximum Gasteiger partial charge on any atom is 0.234 e. The highest BCUT2D eigenvalue weighted by Gasteiger charge is 2.18. The summed E-state index contributed by atoms with van der Waals surface area (Å²) in [7, 11) is 0. The van der Waals surface area contributed by atoms with Crippen LogP contribution in [0.25, 0.3) is 0 Å². The van der Waals surface area contributed by atoms with E-state index in [1.807, 2.05) is 48.5 Å². The van der Waals surface area contributed by atoms with Gasteiger partial charge in [-0.05, 0) is 43.0 Å². The third-order valence-corrected chi connectivity index (χ3v) is 5.38. The molecule has 136 valence electrons. The van der Waals surface area contributed by atoms with Crippen molar-refractivity contribution in [2.45, 2.75) is 26.2 Å². The van der Waals surface area contributed by atoms with E-state index in [0.717, 1.165) is 41.6 Å². The number of amidine groups is 1. The Morgan fingerprint density at radius 3 is 2.50 bits per heavy atom. The van der Waals surface area contributed by atoms with E-state index in [1.165, 1.54) is 24.6 Å². The minimum absolute atomic E-state index is 0.0101. The average molecular weight is 368 g/mol. The summed E-state index contributed by atoms with van der Waals surface area (Å²) in [4.78, 5) is 19.5. The number of nitrogens with zero attached hydrogens (tertiary/aromatic N) is 2. The number of nitrogens with one attached hydrogen (secondary N) is 1. The van der Waals surface area contributed by atoms with E-state index in [9.17, 15) is 4.79 Å². The minimum atomic E-state index is 0.0101. The van der Waals surface area contributed by atoms with E-state index >= 15 is 0 Å². The zero-order chi connectivity index (χ0) is 18.2. The lowest BCUT2D eigenvalue weighted by atomic mass is 10.1. The molecule has 26 heavy (non-hydrogen) atoms. The molecule has 0 saturated carbocycles. The molecule has 1 saturated heterocycles. The third kappa shape index (κ3) is 5.11. The molecule has 1 aliphatic rings. The van der Waals surface area contributed by atoms with Crippen LogP contribution in [-0.4, -0.2) is 34.8 Å². The fourth-order valence-electron chi connectivity index (χ4n) is 2.98. The van der Waals surface area contributed by atoms with Gasteiger partial charge in [0.15, 0.2) is 5.17 Å². The Labute approximate surface area is 159 Å². The van der Waals surface area contributed by atoms with Crippen molar-refractivity contribution in [3.05, 3.63) is 60.2 Å². The Bertz CT molecular complexity index is 755. The van der Waals surface area contributed by atoms with Crippen LogP contribution in [0.1, 0.15) is 25.3 Å². The number of benzene rings is 2. The fourth-order valence-corrected chi connectivity index (χ4v) is 3.85. The molecule has 0 aromatic heterocycles. The smallest absolute Gasteiger partial charge is 0.234 e. The Hall–Kier alpha value is -2.27. The molecule has 3 rings (SSSR count). The third-order valence-electron chi connectivity index (χ3n) is 4.36. The maximum atomic E-state index is 12.4. The number of carbonyl (C=O) groups excluding carboxylic acids is 1. The summed E-state index contributed by atoms with van der Waals surface area (Å²) >= 11 is 1.52. The first-order valence-electron chi connectivity index (χ1n) is 9.15. The molecule has 4 nitrogen and oxygen atoms in total. The van der Waals surface area contributed by atoms with Crippen LogP contribution in [0.4, 0.5) is 11.4 Å². The number of carbonyl (C=O) groups is 1. The molecular formula is C21H25N3OS. The quantitative estimate of drug-likeness (QED) is 0.615. The van der Waals surface area contributed by atoms with Crippen molar-refractivity contribution in [1.82, 2.24) is 4.90 Å². The first-order chi connectivity index (χ1) is 12.8. The molecule has 2 aromatic rings. The van der Waals surface area contributed by atoms with Gasteiger partial charge in [-0.1, -0.05) is 55.1 Å². The molecule has 0 unspecified atom stereocenters. The molecule has 1 heterocycles. The number of hydrogen-bond donors (Lipinski definition) is 1. The number of aryl methyl sites for hydroxylation is 1. The van der Waals surface area contributed by atoms with Gasteiger partial charge in [0.25, 0.3) is 0 Å². The van der Waals surface area contributed by atoms with E-state index < -0.39 is 0 Å². The van der Waals surface area contributed by atoms with Crippen LogP contribution in [0.5, 0.6) is 0 Å². The Morgan fingerprint density at radius 2 is 1.77 bits per heavy atom. The maximum absolute atomic E-state index is 12.4. The molecule has 0 aliphatic carbocycles. The molecule has 1 fully saturated rings. The van der Waals surface area contributed by atoms with Crippen molar-refractivity contribution in [2.75, 3.05) is 24.2 Å². The van der Waals surface area contributed by atoms with Crippen molar-refractivity contribution in [3.63, 3.8) is 0 Å². The molecule has 0 bridgehead atoms. The number of likely N-dealkylation sites (tertiary alicyclic amines) is 1. The number of aliphatic imine (C=N–C) groups is 1. The molecule has 0 atom stereocenters. The topological polar surface area (TPSA) is 44.7 Å². The van der Waals surface area contributed by atoms with Crippen molar-refractivity contribution in [3.8, 4) is 0 Å². The normalized spacial score (nSPS) is 14.5. The predicted octanol–water partition coefficient (Wildman–Crippen LogP) is 4.70. The van der Waals surface area contributed by atoms with Gasteiger partial charge in [0.1, 0.15) is 0 Å². The fraction of sp³-hybridized carbons (Fsp3) is 0.333. The van der Waals surface area contributed by atoms with Crippen LogP contribution in [0.15, 0.2) is 59.6 Å². The molecule has 0 radical (unpaired) electrons. The van der Waals surface area contributed by atoms with Gasteiger partial charge < -0.3 is 10.2 Å². The van der Waals surface area contributed by atoms with Crippen LogP contribution in [0, 0.1) is 0 Å². The summed E-state index contributed by atoms with van der Waals surface area (Å²) in [6, 6.07) is 17.9. The van der Waals surface area contributed by atoms with Gasteiger partial charge in [0.05, 0.1) is 11.4 Å². The van der Waals surface area contributed by atoms with Gasteiger partial charge in [0, 0.05) is 18.8 Å². The van der Waals surface area contributed by atoms with Crippen molar-refractivity contribution >= 4 is 34.2 Å². The number of rotatable bonds is 5. The summed E-state index contributed by atoms with van der Waals surface area (Å²) in [5.74, 6) is 0.371. The average Bonchev–Trinajstić information content (AvgIpc) is 3.21. The lowest BCUT2D eigenvalue weighted by Gasteiger charge is -2.19. The second-order valence-corrected chi connectivity index (χ2v) is 7.21. The van der Waals surface area contributed by atoms with Crippen LogP contribution >= 0.6 is 11.8 Å². The minimum Gasteiger partial charge on any atom is -0.351 e. The van der Waals surface area contributed by atoms with Crippen LogP contribution in [0.3, 0.4) is 0 Å². The van der Waals surface area contributed by atoms with E-state index in [-0.39, 0.29) is 5.91 Å². The predicted molar refractivity (Wildman–Crippen MR) is 111 cm³/mol.